The molecule has 4 aromatic rings. The number of fused-ring (bicyclic) bond motifs is 1. The highest BCUT2D eigenvalue weighted by molar-refractivity contribution is 5.93. The van der Waals surface area contributed by atoms with Crippen LogP contribution in [0.5, 0.6) is 5.75 Å². The van der Waals surface area contributed by atoms with Crippen LogP contribution in [0.2, 0.25) is 0 Å². The van der Waals surface area contributed by atoms with E-state index in [4.69, 9.17) is 19.2 Å². The lowest BCUT2D eigenvalue weighted by molar-refractivity contribution is 0.0514. The smallest absolute Gasteiger partial charge is 0.361 e. The molecule has 5 rings (SSSR count). The van der Waals surface area contributed by atoms with Gasteiger partial charge in [0.25, 0.3) is 0 Å². The number of anilines is 3. The first-order valence-electron chi connectivity index (χ1n) is 12.0. The Kier molecular flexibility index (Phi) is 6.94. The summed E-state index contributed by atoms with van der Waals surface area (Å²) in [6.07, 6.45) is 0. The van der Waals surface area contributed by atoms with Gasteiger partial charge in [0.1, 0.15) is 0 Å². The van der Waals surface area contributed by atoms with E-state index in [2.05, 4.69) is 25.2 Å². The predicted molar refractivity (Wildman–Crippen MR) is 137 cm³/mol. The number of aromatic amines is 1. The van der Waals surface area contributed by atoms with E-state index in [0.717, 1.165) is 22.3 Å². The lowest BCUT2D eigenvalue weighted by Gasteiger charge is -2.29. The fourth-order valence-electron chi connectivity index (χ4n) is 4.02. The van der Waals surface area contributed by atoms with Crippen molar-refractivity contribution >= 4 is 34.5 Å². The molecule has 10 heteroatoms. The van der Waals surface area contributed by atoms with Gasteiger partial charge < -0.3 is 29.4 Å². The van der Waals surface area contributed by atoms with Crippen molar-refractivity contribution in [2.45, 2.75) is 13.8 Å². The highest BCUT2D eigenvalue weighted by Crippen LogP contribution is 2.34. The normalized spacial score (nSPS) is 13.6. The van der Waals surface area contributed by atoms with Crippen molar-refractivity contribution in [3.05, 3.63) is 54.2 Å². The van der Waals surface area contributed by atoms with E-state index < -0.39 is 5.97 Å². The first-order valence-corrected chi connectivity index (χ1v) is 12.0. The minimum atomic E-state index is -0.540. The SMILES string of the molecule is CCOC(=O)c1nc(-c2ccc(Nc3nc4ccccc4[nH]3)cc2)nc(N2CCOCC2)c1OCC. The quantitative estimate of drug-likeness (QED) is 0.353. The standard InChI is InChI=1S/C26H28N6O4/c1-3-35-22-21(25(33)36-4-2)30-23(31-24(22)32-13-15-34-16-14-32)17-9-11-18(12-10-17)27-26-28-19-7-5-6-8-20(19)29-26/h5-12H,3-4,13-16H2,1-2H3,(H2,27,28,29). The molecular weight excluding hydrogens is 460 g/mol. The number of ether oxygens (including phenoxy) is 3. The van der Waals surface area contributed by atoms with Gasteiger partial charge in [-0.1, -0.05) is 12.1 Å². The first kappa shape index (κ1) is 23.6. The van der Waals surface area contributed by atoms with Crippen molar-refractivity contribution in [2.75, 3.05) is 49.7 Å². The number of imidazole rings is 1. The third kappa shape index (κ3) is 4.94. The monoisotopic (exact) mass is 488 g/mol. The van der Waals surface area contributed by atoms with Crippen molar-refractivity contribution in [1.29, 1.82) is 0 Å². The van der Waals surface area contributed by atoms with Crippen LogP contribution >= 0.6 is 0 Å². The molecule has 1 aliphatic heterocycles. The molecule has 1 saturated heterocycles. The Bertz CT molecular complexity index is 1320. The highest BCUT2D eigenvalue weighted by atomic mass is 16.5. The zero-order chi connectivity index (χ0) is 24.9. The highest BCUT2D eigenvalue weighted by Gasteiger charge is 2.27. The van der Waals surface area contributed by atoms with Crippen LogP contribution in [0.15, 0.2) is 48.5 Å². The van der Waals surface area contributed by atoms with Crippen molar-refractivity contribution in [1.82, 2.24) is 19.9 Å². The largest absolute Gasteiger partial charge is 0.488 e. The van der Waals surface area contributed by atoms with Crippen LogP contribution in [0.25, 0.3) is 22.4 Å². The summed E-state index contributed by atoms with van der Waals surface area (Å²) >= 11 is 0. The van der Waals surface area contributed by atoms with Crippen LogP contribution in [-0.2, 0) is 9.47 Å². The van der Waals surface area contributed by atoms with Gasteiger partial charge >= 0.3 is 5.97 Å². The molecule has 1 fully saturated rings. The Hall–Kier alpha value is -4.18. The molecule has 0 atom stereocenters. The van der Waals surface area contributed by atoms with Gasteiger partial charge in [-0.3, -0.25) is 0 Å². The molecule has 1 aliphatic rings. The molecule has 0 amide bonds. The zero-order valence-corrected chi connectivity index (χ0v) is 20.3. The van der Waals surface area contributed by atoms with Crippen LogP contribution in [0.3, 0.4) is 0 Å². The molecule has 3 heterocycles. The van der Waals surface area contributed by atoms with Crippen LogP contribution in [-0.4, -0.2) is 65.4 Å². The Labute approximate surface area is 208 Å². The maximum Gasteiger partial charge on any atom is 0.361 e. The number of carbonyl (C=O) groups excluding carboxylic acids is 1. The van der Waals surface area contributed by atoms with E-state index in [1.165, 1.54) is 0 Å². The molecule has 10 nitrogen and oxygen atoms in total. The van der Waals surface area contributed by atoms with Crippen molar-refractivity contribution in [3.8, 4) is 17.1 Å². The zero-order valence-electron chi connectivity index (χ0n) is 20.3. The number of hydrogen-bond acceptors (Lipinski definition) is 9. The van der Waals surface area contributed by atoms with Gasteiger partial charge in [0.2, 0.25) is 5.95 Å². The molecule has 2 N–H and O–H groups in total. The van der Waals surface area contributed by atoms with Crippen molar-refractivity contribution in [3.63, 3.8) is 0 Å². The third-order valence-corrected chi connectivity index (χ3v) is 5.71. The second kappa shape index (κ2) is 10.6. The van der Waals surface area contributed by atoms with E-state index >= 15 is 0 Å². The summed E-state index contributed by atoms with van der Waals surface area (Å²) in [4.78, 5) is 32.1. The summed E-state index contributed by atoms with van der Waals surface area (Å²) in [6, 6.07) is 15.5. The molecule has 0 bridgehead atoms. The maximum atomic E-state index is 12.8. The molecule has 36 heavy (non-hydrogen) atoms. The van der Waals surface area contributed by atoms with Crippen LogP contribution in [0.4, 0.5) is 17.5 Å². The lowest BCUT2D eigenvalue weighted by atomic mass is 10.2. The molecule has 0 unspecified atom stereocenters. The summed E-state index contributed by atoms with van der Waals surface area (Å²) in [7, 11) is 0. The molecule has 0 radical (unpaired) electrons. The number of rotatable bonds is 8. The number of morpholine rings is 1. The fraction of sp³-hybridized carbons (Fsp3) is 0.308. The van der Waals surface area contributed by atoms with Gasteiger partial charge in [0.15, 0.2) is 23.1 Å². The Morgan fingerprint density at radius 2 is 1.81 bits per heavy atom. The second-order valence-corrected chi connectivity index (χ2v) is 8.11. The Balaban J connectivity index is 1.48. The number of nitrogens with zero attached hydrogens (tertiary/aromatic N) is 4. The average molecular weight is 489 g/mol. The van der Waals surface area contributed by atoms with E-state index in [-0.39, 0.29) is 12.3 Å². The molecule has 0 spiro atoms. The molecule has 2 aromatic carbocycles. The summed E-state index contributed by atoms with van der Waals surface area (Å²) in [5.41, 5.74) is 3.58. The summed E-state index contributed by atoms with van der Waals surface area (Å²) in [5.74, 6) is 1.43. The average Bonchev–Trinajstić information content (AvgIpc) is 3.32. The number of para-hydroxylation sites is 2. The maximum absolute atomic E-state index is 12.8. The number of esters is 1. The van der Waals surface area contributed by atoms with Crippen LogP contribution in [0.1, 0.15) is 24.3 Å². The van der Waals surface area contributed by atoms with E-state index in [1.807, 2.05) is 55.5 Å². The van der Waals surface area contributed by atoms with Crippen LogP contribution < -0.4 is 15.0 Å². The second-order valence-electron chi connectivity index (χ2n) is 8.11. The van der Waals surface area contributed by atoms with Gasteiger partial charge in [-0.2, -0.15) is 0 Å². The number of H-pyrrole nitrogens is 1. The van der Waals surface area contributed by atoms with E-state index in [1.54, 1.807) is 6.92 Å². The summed E-state index contributed by atoms with van der Waals surface area (Å²) in [6.45, 7) is 6.64. The molecule has 186 valence electrons. The molecule has 2 aromatic heterocycles. The van der Waals surface area contributed by atoms with Gasteiger partial charge in [0, 0.05) is 24.3 Å². The number of aromatic nitrogens is 4. The van der Waals surface area contributed by atoms with E-state index in [9.17, 15) is 4.79 Å². The third-order valence-electron chi connectivity index (χ3n) is 5.71. The topological polar surface area (TPSA) is 114 Å². The van der Waals surface area contributed by atoms with Gasteiger partial charge in [-0.15, -0.1) is 0 Å². The van der Waals surface area contributed by atoms with Crippen LogP contribution in [0, 0.1) is 0 Å². The van der Waals surface area contributed by atoms with Gasteiger partial charge in [0.05, 0.1) is 37.5 Å². The lowest BCUT2D eigenvalue weighted by Crippen LogP contribution is -2.37. The number of nitrogens with one attached hydrogen (secondary N) is 2. The Morgan fingerprint density at radius 1 is 1.03 bits per heavy atom. The molecular formula is C26H28N6O4. The number of carbonyl (C=O) groups is 1. The number of hydrogen-bond donors (Lipinski definition) is 2. The van der Waals surface area contributed by atoms with E-state index in [0.29, 0.717) is 56.3 Å². The Morgan fingerprint density at radius 3 is 2.53 bits per heavy atom. The summed E-state index contributed by atoms with van der Waals surface area (Å²) in [5, 5.41) is 3.28. The van der Waals surface area contributed by atoms with Crippen molar-refractivity contribution in [2.24, 2.45) is 0 Å². The fourth-order valence-corrected chi connectivity index (χ4v) is 4.02. The minimum Gasteiger partial charge on any atom is -0.488 e. The predicted octanol–water partition coefficient (Wildman–Crippen LogP) is 4.18. The molecule has 0 aliphatic carbocycles. The van der Waals surface area contributed by atoms with Gasteiger partial charge in [-0.25, -0.2) is 19.7 Å². The summed E-state index contributed by atoms with van der Waals surface area (Å²) < 4.78 is 16.6. The van der Waals surface area contributed by atoms with Crippen molar-refractivity contribution < 1.29 is 19.0 Å². The molecule has 0 saturated carbocycles. The van der Waals surface area contributed by atoms with Gasteiger partial charge in [-0.05, 0) is 50.2 Å². The minimum absolute atomic E-state index is 0.120. The number of benzene rings is 2. The first-order chi connectivity index (χ1) is 17.7.